The predicted octanol–water partition coefficient (Wildman–Crippen LogP) is 2.70. The average molecular weight is 530 g/mol. The van der Waals surface area contributed by atoms with E-state index in [1.165, 1.54) is 22.0 Å². The van der Waals surface area contributed by atoms with Crippen molar-refractivity contribution in [2.75, 3.05) is 27.2 Å². The second-order valence-electron chi connectivity index (χ2n) is 8.48. The molecular weight excluding hydrogens is 503 g/mol. The van der Waals surface area contributed by atoms with E-state index in [1.807, 2.05) is 0 Å². The van der Waals surface area contributed by atoms with Crippen LogP contribution in [-0.2, 0) is 14.4 Å². The number of rotatable bonds is 6. The van der Waals surface area contributed by atoms with Crippen molar-refractivity contribution in [3.63, 3.8) is 0 Å². The van der Waals surface area contributed by atoms with Crippen molar-refractivity contribution in [2.45, 2.75) is 30.7 Å². The highest BCUT2D eigenvalue weighted by Gasteiger charge is 2.38. The lowest BCUT2D eigenvalue weighted by molar-refractivity contribution is -0.192. The number of amides is 2. The molecule has 2 aromatic carbocycles. The second kappa shape index (κ2) is 12.6. The fourth-order valence-corrected chi connectivity index (χ4v) is 3.61. The lowest BCUT2D eigenvalue weighted by Crippen LogP contribution is -2.52. The van der Waals surface area contributed by atoms with E-state index in [0.29, 0.717) is 12.1 Å². The van der Waals surface area contributed by atoms with Crippen molar-refractivity contribution in [3.05, 3.63) is 59.9 Å². The zero-order valence-electron chi connectivity index (χ0n) is 20.0. The number of alkyl halides is 4. The van der Waals surface area contributed by atoms with Gasteiger partial charge in [0, 0.05) is 20.6 Å². The Morgan fingerprint density at radius 2 is 1.54 bits per heavy atom. The third-order valence-electron chi connectivity index (χ3n) is 5.39. The van der Waals surface area contributed by atoms with Gasteiger partial charge in [-0.1, -0.05) is 36.4 Å². The van der Waals surface area contributed by atoms with Gasteiger partial charge in [0.2, 0.25) is 11.8 Å². The van der Waals surface area contributed by atoms with E-state index in [9.17, 15) is 31.5 Å². The number of carboxylic acid groups (broad SMARTS) is 1. The first-order chi connectivity index (χ1) is 17.2. The first-order valence-corrected chi connectivity index (χ1v) is 11.0. The van der Waals surface area contributed by atoms with Crippen LogP contribution in [0.5, 0.6) is 0 Å². The smallest absolute Gasteiger partial charge is 0.475 e. The van der Waals surface area contributed by atoms with E-state index >= 15 is 0 Å². The van der Waals surface area contributed by atoms with Gasteiger partial charge in [-0.2, -0.15) is 13.2 Å². The minimum atomic E-state index is -5.08. The van der Waals surface area contributed by atoms with Crippen LogP contribution in [0.1, 0.15) is 17.9 Å². The predicted molar refractivity (Wildman–Crippen MR) is 124 cm³/mol. The number of hydrogen-bond acceptors (Lipinski definition) is 5. The van der Waals surface area contributed by atoms with Crippen molar-refractivity contribution in [1.29, 1.82) is 0 Å². The van der Waals surface area contributed by atoms with E-state index in [1.54, 1.807) is 50.5 Å². The standard InChI is InChI=1S/C22H26F2N4O2.C2HF3O2/c1-27(2)26-21(29)19(20(25)22(30)28-12-11-18(24)13-28)16-5-3-14(4-6-16)15-7-9-17(23)10-8-15;3-2(4,5)1(6)7/h3-10,18-20H,11-13,25H2,1-2H3,(H,26,29);(H,6,7)/t18-,19-,20-;/m0./s1. The summed E-state index contributed by atoms with van der Waals surface area (Å²) >= 11 is 0. The van der Waals surface area contributed by atoms with Gasteiger partial charge in [-0.3, -0.25) is 15.0 Å². The Morgan fingerprint density at radius 3 is 1.95 bits per heavy atom. The Hall–Kier alpha value is -3.58. The fraction of sp³-hybridized carbons (Fsp3) is 0.375. The maximum absolute atomic E-state index is 13.5. The maximum atomic E-state index is 13.5. The zero-order chi connectivity index (χ0) is 27.9. The number of carbonyl (C=O) groups is 3. The van der Waals surface area contributed by atoms with Crippen LogP contribution in [0, 0.1) is 5.82 Å². The molecule has 0 bridgehead atoms. The summed E-state index contributed by atoms with van der Waals surface area (Å²) in [5.74, 6) is -4.89. The largest absolute Gasteiger partial charge is 0.490 e. The van der Waals surface area contributed by atoms with E-state index in [4.69, 9.17) is 15.6 Å². The van der Waals surface area contributed by atoms with Crippen LogP contribution in [0.2, 0.25) is 0 Å². The Morgan fingerprint density at radius 1 is 1.05 bits per heavy atom. The first-order valence-electron chi connectivity index (χ1n) is 11.0. The van der Waals surface area contributed by atoms with Gasteiger partial charge in [-0.15, -0.1) is 0 Å². The SMILES string of the molecule is CN(C)NC(=O)[C@@H](c1ccc(-c2ccc(F)cc2)cc1)[C@H](N)C(=O)N1CC[C@H](F)C1.O=C(O)C(F)(F)F. The molecule has 3 atom stereocenters. The molecule has 4 N–H and O–H groups in total. The molecule has 0 aromatic heterocycles. The van der Waals surface area contributed by atoms with E-state index in [0.717, 1.165) is 11.1 Å². The normalized spacial score (nSPS) is 17.0. The Labute approximate surface area is 209 Å². The minimum Gasteiger partial charge on any atom is -0.475 e. The molecule has 13 heteroatoms. The van der Waals surface area contributed by atoms with Crippen molar-refractivity contribution in [3.8, 4) is 11.1 Å². The lowest BCUT2D eigenvalue weighted by Gasteiger charge is -2.28. The molecule has 0 saturated carbocycles. The number of benzene rings is 2. The number of carboxylic acids is 1. The van der Waals surface area contributed by atoms with Gasteiger partial charge < -0.3 is 15.7 Å². The van der Waals surface area contributed by atoms with Crippen LogP contribution < -0.4 is 11.2 Å². The molecule has 0 unspecified atom stereocenters. The lowest BCUT2D eigenvalue weighted by atomic mass is 9.89. The van der Waals surface area contributed by atoms with Gasteiger partial charge in [0.1, 0.15) is 18.0 Å². The highest BCUT2D eigenvalue weighted by atomic mass is 19.4. The monoisotopic (exact) mass is 530 g/mol. The van der Waals surface area contributed by atoms with E-state index in [-0.39, 0.29) is 18.8 Å². The second-order valence-corrected chi connectivity index (χ2v) is 8.48. The van der Waals surface area contributed by atoms with Crippen LogP contribution >= 0.6 is 0 Å². The molecule has 2 amide bonds. The minimum absolute atomic E-state index is 0.00193. The van der Waals surface area contributed by atoms with Crippen LogP contribution in [-0.4, -0.2) is 78.4 Å². The summed E-state index contributed by atoms with van der Waals surface area (Å²) < 4.78 is 58.4. The van der Waals surface area contributed by atoms with Crippen LogP contribution in [0.15, 0.2) is 48.5 Å². The molecule has 1 aliphatic rings. The summed E-state index contributed by atoms with van der Waals surface area (Å²) in [6.07, 6.45) is -5.87. The summed E-state index contributed by atoms with van der Waals surface area (Å²) in [5.41, 5.74) is 11.1. The molecule has 37 heavy (non-hydrogen) atoms. The van der Waals surface area contributed by atoms with Gasteiger partial charge >= 0.3 is 12.1 Å². The summed E-state index contributed by atoms with van der Waals surface area (Å²) in [4.78, 5) is 35.9. The Kier molecular flexibility index (Phi) is 10.1. The van der Waals surface area contributed by atoms with Crippen LogP contribution in [0.25, 0.3) is 11.1 Å². The molecule has 2 aromatic rings. The van der Waals surface area contributed by atoms with Crippen molar-refractivity contribution in [1.82, 2.24) is 15.3 Å². The van der Waals surface area contributed by atoms with Gasteiger partial charge in [0.25, 0.3) is 0 Å². The molecule has 202 valence electrons. The Balaban J connectivity index is 0.000000604. The molecule has 3 rings (SSSR count). The number of likely N-dealkylation sites (tertiary alicyclic amines) is 1. The van der Waals surface area contributed by atoms with E-state index < -0.39 is 42.1 Å². The molecule has 8 nitrogen and oxygen atoms in total. The summed E-state index contributed by atoms with van der Waals surface area (Å²) in [5, 5.41) is 8.60. The maximum Gasteiger partial charge on any atom is 0.490 e. The number of hydrogen-bond donors (Lipinski definition) is 3. The molecule has 0 radical (unpaired) electrons. The highest BCUT2D eigenvalue weighted by molar-refractivity contribution is 5.93. The van der Waals surface area contributed by atoms with Gasteiger partial charge in [-0.05, 0) is 35.2 Å². The van der Waals surface area contributed by atoms with Crippen molar-refractivity contribution >= 4 is 17.8 Å². The number of nitrogens with one attached hydrogen (secondary N) is 1. The highest BCUT2D eigenvalue weighted by Crippen LogP contribution is 2.26. The number of hydrazine groups is 1. The molecule has 1 fully saturated rings. The van der Waals surface area contributed by atoms with Gasteiger partial charge in [-0.25, -0.2) is 18.6 Å². The molecule has 1 aliphatic heterocycles. The summed E-state index contributed by atoms with van der Waals surface area (Å²) in [6, 6.07) is 12.0. The molecule has 0 aliphatic carbocycles. The number of nitrogens with zero attached hydrogens (tertiary/aromatic N) is 2. The number of nitrogens with two attached hydrogens (primary N) is 1. The zero-order valence-corrected chi connectivity index (χ0v) is 20.0. The number of halogens is 5. The first kappa shape index (κ1) is 29.6. The summed E-state index contributed by atoms with van der Waals surface area (Å²) in [7, 11) is 3.32. The molecule has 0 spiro atoms. The third kappa shape index (κ3) is 8.50. The van der Waals surface area contributed by atoms with Gasteiger partial charge in [0.15, 0.2) is 0 Å². The number of aliphatic carboxylic acids is 1. The summed E-state index contributed by atoms with van der Waals surface area (Å²) in [6.45, 7) is 0.289. The van der Waals surface area contributed by atoms with Crippen LogP contribution in [0.4, 0.5) is 22.0 Å². The van der Waals surface area contributed by atoms with Crippen LogP contribution in [0.3, 0.4) is 0 Å². The third-order valence-corrected chi connectivity index (χ3v) is 5.39. The molecule has 1 saturated heterocycles. The Bertz CT molecular complexity index is 1080. The van der Waals surface area contributed by atoms with Gasteiger partial charge in [0.05, 0.1) is 12.5 Å². The topological polar surface area (TPSA) is 116 Å². The van der Waals surface area contributed by atoms with E-state index in [2.05, 4.69) is 5.43 Å². The quantitative estimate of drug-likeness (QED) is 0.391. The fourth-order valence-electron chi connectivity index (χ4n) is 3.61. The number of carbonyl (C=O) groups excluding carboxylic acids is 2. The average Bonchev–Trinajstić information content (AvgIpc) is 3.25. The van der Waals surface area contributed by atoms with Crippen molar-refractivity contribution < 1.29 is 41.4 Å². The van der Waals surface area contributed by atoms with Crippen molar-refractivity contribution in [2.24, 2.45) is 5.73 Å². The molecular formula is C24H27F5N4O4. The molecule has 1 heterocycles.